The van der Waals surface area contributed by atoms with Crippen LogP contribution in [0, 0.1) is 23.4 Å². The Hall–Kier alpha value is -4.84. The van der Waals surface area contributed by atoms with Crippen molar-refractivity contribution in [3.63, 3.8) is 0 Å². The van der Waals surface area contributed by atoms with E-state index >= 15 is 4.39 Å². The number of rotatable bonds is 9. The Kier molecular flexibility index (Phi) is 9.26. The van der Waals surface area contributed by atoms with Crippen LogP contribution in [0.1, 0.15) is 18.4 Å². The minimum atomic E-state index is -1.15. The Morgan fingerprint density at radius 2 is 1.67 bits per heavy atom. The van der Waals surface area contributed by atoms with Crippen LogP contribution in [0.25, 0.3) is 10.9 Å². The number of amides is 2. The summed E-state index contributed by atoms with van der Waals surface area (Å²) in [7, 11) is 1.52. The number of carbonyl (C=O) groups excluding carboxylic acids is 2. The molecule has 1 aromatic heterocycles. The number of carbonyl (C=O) groups is 2. The SMILES string of the molecule is COc1c(OCC2CCNCC2)ccc2c(Oc3ccc(NC(=O)C(=O)NCc4c(F)cccc4F)cc3F)ccnc12. The molecule has 9 nitrogen and oxygen atoms in total. The third kappa shape index (κ3) is 6.97. The van der Waals surface area contributed by atoms with Crippen molar-refractivity contribution in [1.29, 1.82) is 0 Å². The summed E-state index contributed by atoms with van der Waals surface area (Å²) in [6.07, 6.45) is 3.57. The molecule has 2 amide bonds. The number of methoxy groups -OCH3 is 1. The summed E-state index contributed by atoms with van der Waals surface area (Å²) in [5.74, 6) is -3.24. The van der Waals surface area contributed by atoms with Gasteiger partial charge in [0.1, 0.15) is 22.9 Å². The highest BCUT2D eigenvalue weighted by molar-refractivity contribution is 6.39. The molecule has 0 spiro atoms. The normalized spacial score (nSPS) is 13.4. The molecular formula is C31H29F3N4O5. The van der Waals surface area contributed by atoms with Crippen LogP contribution in [0.4, 0.5) is 18.9 Å². The summed E-state index contributed by atoms with van der Waals surface area (Å²) in [6, 6.07) is 12.0. The van der Waals surface area contributed by atoms with Crippen LogP contribution in [0.5, 0.6) is 23.0 Å². The largest absolute Gasteiger partial charge is 0.491 e. The van der Waals surface area contributed by atoms with Gasteiger partial charge in [-0.1, -0.05) is 6.07 Å². The van der Waals surface area contributed by atoms with Crippen molar-refractivity contribution in [2.45, 2.75) is 19.4 Å². The highest BCUT2D eigenvalue weighted by atomic mass is 19.1. The monoisotopic (exact) mass is 594 g/mol. The number of piperidine rings is 1. The smallest absolute Gasteiger partial charge is 0.313 e. The molecule has 3 aromatic carbocycles. The molecule has 2 heterocycles. The molecule has 0 unspecified atom stereocenters. The maximum absolute atomic E-state index is 15.0. The number of ether oxygens (including phenoxy) is 3. The summed E-state index contributed by atoms with van der Waals surface area (Å²) < 4.78 is 60.1. The zero-order valence-corrected chi connectivity index (χ0v) is 23.2. The Bertz CT molecular complexity index is 1630. The predicted molar refractivity (Wildman–Crippen MR) is 153 cm³/mol. The van der Waals surface area contributed by atoms with Crippen LogP contribution in [0.2, 0.25) is 0 Å². The van der Waals surface area contributed by atoms with Crippen molar-refractivity contribution in [2.24, 2.45) is 5.92 Å². The molecule has 0 radical (unpaired) electrons. The van der Waals surface area contributed by atoms with Crippen LogP contribution in [-0.4, -0.2) is 43.6 Å². The molecule has 0 bridgehead atoms. The molecule has 1 aliphatic heterocycles. The van der Waals surface area contributed by atoms with E-state index < -0.39 is 41.4 Å². The molecule has 5 rings (SSSR count). The molecule has 1 saturated heterocycles. The number of nitrogens with one attached hydrogen (secondary N) is 3. The molecule has 12 heteroatoms. The third-order valence-electron chi connectivity index (χ3n) is 7.03. The fraction of sp³-hybridized carbons (Fsp3) is 0.258. The van der Waals surface area contributed by atoms with Crippen LogP contribution >= 0.6 is 0 Å². The number of benzene rings is 3. The Labute approximate surface area is 245 Å². The second-order valence-electron chi connectivity index (χ2n) is 9.89. The fourth-order valence-corrected chi connectivity index (χ4v) is 4.72. The van der Waals surface area contributed by atoms with E-state index in [0.717, 1.165) is 44.1 Å². The molecule has 0 aliphatic carbocycles. The van der Waals surface area contributed by atoms with Crippen molar-refractivity contribution in [3.05, 3.63) is 83.8 Å². The van der Waals surface area contributed by atoms with Crippen molar-refractivity contribution in [1.82, 2.24) is 15.6 Å². The van der Waals surface area contributed by atoms with Gasteiger partial charge in [0, 0.05) is 35.4 Å². The van der Waals surface area contributed by atoms with Crippen molar-refractivity contribution in [2.75, 3.05) is 32.1 Å². The number of anilines is 1. The molecule has 43 heavy (non-hydrogen) atoms. The zero-order chi connectivity index (χ0) is 30.3. The topological polar surface area (TPSA) is 111 Å². The van der Waals surface area contributed by atoms with Gasteiger partial charge in [-0.2, -0.15) is 0 Å². The second kappa shape index (κ2) is 13.4. The lowest BCUT2D eigenvalue weighted by Gasteiger charge is -2.23. The summed E-state index contributed by atoms with van der Waals surface area (Å²) in [4.78, 5) is 28.8. The fourth-order valence-electron chi connectivity index (χ4n) is 4.72. The number of pyridine rings is 1. The summed E-state index contributed by atoms with van der Waals surface area (Å²) in [5.41, 5.74) is 0.0608. The first kappa shape index (κ1) is 29.6. The van der Waals surface area contributed by atoms with Crippen LogP contribution < -0.4 is 30.2 Å². The van der Waals surface area contributed by atoms with Crippen molar-refractivity contribution < 1.29 is 37.0 Å². The van der Waals surface area contributed by atoms with E-state index in [1.54, 1.807) is 18.2 Å². The van der Waals surface area contributed by atoms with Gasteiger partial charge in [-0.25, -0.2) is 13.2 Å². The molecule has 224 valence electrons. The highest BCUT2D eigenvalue weighted by Gasteiger charge is 2.20. The Balaban J connectivity index is 1.25. The minimum absolute atomic E-state index is 0.0288. The van der Waals surface area contributed by atoms with Gasteiger partial charge in [0.05, 0.1) is 13.7 Å². The van der Waals surface area contributed by atoms with Crippen LogP contribution in [0.3, 0.4) is 0 Å². The van der Waals surface area contributed by atoms with Gasteiger partial charge in [0.2, 0.25) is 0 Å². The van der Waals surface area contributed by atoms with Gasteiger partial charge >= 0.3 is 11.8 Å². The molecule has 3 N–H and O–H groups in total. The van der Waals surface area contributed by atoms with E-state index in [4.69, 9.17) is 14.2 Å². The van der Waals surface area contributed by atoms with Crippen molar-refractivity contribution in [3.8, 4) is 23.0 Å². The van der Waals surface area contributed by atoms with Gasteiger partial charge in [-0.05, 0) is 74.3 Å². The van der Waals surface area contributed by atoms with Gasteiger partial charge in [0.25, 0.3) is 0 Å². The predicted octanol–water partition coefficient (Wildman–Crippen LogP) is 5.09. The number of nitrogens with zero attached hydrogens (tertiary/aromatic N) is 1. The Morgan fingerprint density at radius 1 is 0.930 bits per heavy atom. The standard InChI is InChI=1S/C31H29F3N4O5/c1-41-29-27(42-17-18-9-12-35-13-10-18)8-6-20-25(11-14-36-28(20)29)43-26-7-5-19(15-24(26)34)38-31(40)30(39)37-16-21-22(32)3-2-4-23(21)33/h2-8,11,14-15,18,35H,9-10,12-13,16-17H2,1H3,(H,37,39)(H,38,40). The first-order valence-corrected chi connectivity index (χ1v) is 13.6. The van der Waals surface area contributed by atoms with Crippen molar-refractivity contribution >= 4 is 28.4 Å². The number of aromatic nitrogens is 1. The van der Waals surface area contributed by atoms with E-state index in [-0.39, 0.29) is 11.4 Å². The lowest BCUT2D eigenvalue weighted by atomic mass is 9.99. The summed E-state index contributed by atoms with van der Waals surface area (Å²) in [6.45, 7) is 1.94. The number of hydrogen-bond donors (Lipinski definition) is 3. The van der Waals surface area contributed by atoms with E-state index in [1.165, 1.54) is 31.5 Å². The van der Waals surface area contributed by atoms with E-state index in [9.17, 15) is 18.4 Å². The van der Waals surface area contributed by atoms with Crippen LogP contribution in [0.15, 0.2) is 60.8 Å². The first-order chi connectivity index (χ1) is 20.8. The highest BCUT2D eigenvalue weighted by Crippen LogP contribution is 2.40. The lowest BCUT2D eigenvalue weighted by molar-refractivity contribution is -0.136. The minimum Gasteiger partial charge on any atom is -0.491 e. The summed E-state index contributed by atoms with van der Waals surface area (Å²) in [5, 5.41) is 8.28. The third-order valence-corrected chi connectivity index (χ3v) is 7.03. The number of hydrogen-bond acceptors (Lipinski definition) is 7. The van der Waals surface area contributed by atoms with E-state index in [1.807, 2.05) is 0 Å². The first-order valence-electron chi connectivity index (χ1n) is 13.6. The average molecular weight is 595 g/mol. The quantitative estimate of drug-likeness (QED) is 0.232. The van der Waals surface area contributed by atoms with Crippen LogP contribution in [-0.2, 0) is 16.1 Å². The maximum Gasteiger partial charge on any atom is 0.313 e. The van der Waals surface area contributed by atoms with Gasteiger partial charge < -0.3 is 30.2 Å². The zero-order valence-electron chi connectivity index (χ0n) is 23.2. The van der Waals surface area contributed by atoms with Gasteiger partial charge in [-0.15, -0.1) is 0 Å². The second-order valence-corrected chi connectivity index (χ2v) is 9.89. The van der Waals surface area contributed by atoms with E-state index in [2.05, 4.69) is 20.9 Å². The molecule has 1 aliphatic rings. The molecular weight excluding hydrogens is 565 g/mol. The molecule has 1 fully saturated rings. The van der Waals surface area contributed by atoms with Gasteiger partial charge in [0.15, 0.2) is 23.1 Å². The lowest BCUT2D eigenvalue weighted by Crippen LogP contribution is -2.35. The average Bonchev–Trinajstić information content (AvgIpc) is 3.01. The molecule has 0 saturated carbocycles. The maximum atomic E-state index is 15.0. The van der Waals surface area contributed by atoms with E-state index in [0.29, 0.717) is 40.7 Å². The number of halogens is 3. The summed E-state index contributed by atoms with van der Waals surface area (Å²) >= 11 is 0. The van der Waals surface area contributed by atoms with Gasteiger partial charge in [-0.3, -0.25) is 14.6 Å². The molecule has 4 aromatic rings. The Morgan fingerprint density at radius 3 is 2.40 bits per heavy atom. The molecule has 0 atom stereocenters. The number of fused-ring (bicyclic) bond motifs is 1.